The van der Waals surface area contributed by atoms with E-state index in [1.807, 2.05) is 13.8 Å². The van der Waals surface area contributed by atoms with E-state index in [0.717, 1.165) is 24.3 Å². The van der Waals surface area contributed by atoms with Crippen LogP contribution in [-0.4, -0.2) is 17.8 Å². The average molecular weight is 219 g/mol. The van der Waals surface area contributed by atoms with E-state index in [1.165, 1.54) is 0 Å². The lowest BCUT2D eigenvalue weighted by Crippen LogP contribution is -2.32. The van der Waals surface area contributed by atoms with Crippen LogP contribution in [0.5, 0.6) is 0 Å². The molecule has 86 valence electrons. The first kappa shape index (κ1) is 11.0. The Morgan fingerprint density at radius 3 is 2.62 bits per heavy atom. The first-order valence-corrected chi connectivity index (χ1v) is 5.47. The maximum Gasteiger partial charge on any atom is 0.122 e. The van der Waals surface area contributed by atoms with Crippen molar-refractivity contribution in [3.8, 4) is 6.07 Å². The second kappa shape index (κ2) is 3.53. The highest BCUT2D eigenvalue weighted by Crippen LogP contribution is 2.35. The summed E-state index contributed by atoms with van der Waals surface area (Å²) in [6.45, 7) is 7.51. The first-order valence-electron chi connectivity index (χ1n) is 5.47. The summed E-state index contributed by atoms with van der Waals surface area (Å²) in [4.78, 5) is 0. The van der Waals surface area contributed by atoms with E-state index in [-0.39, 0.29) is 5.54 Å². The molecule has 1 atom stereocenters. The van der Waals surface area contributed by atoms with Crippen molar-refractivity contribution in [3.05, 3.63) is 16.8 Å². The number of nitrogens with two attached hydrogens (primary N) is 1. The number of rotatable bonds is 1. The molecule has 2 rings (SSSR count). The SMILES string of the molecule is Cc1c(C#N)c(N)n(C2(C)CCOC2)c1C. The predicted octanol–water partition coefficient (Wildman–Crippen LogP) is 1.69. The Kier molecular flexibility index (Phi) is 2.43. The smallest absolute Gasteiger partial charge is 0.122 e. The van der Waals surface area contributed by atoms with Crippen LogP contribution >= 0.6 is 0 Å². The van der Waals surface area contributed by atoms with E-state index in [9.17, 15) is 0 Å². The molecule has 0 saturated carbocycles. The van der Waals surface area contributed by atoms with E-state index in [0.29, 0.717) is 18.0 Å². The third-order valence-corrected chi connectivity index (χ3v) is 3.60. The van der Waals surface area contributed by atoms with Gasteiger partial charge in [0.05, 0.1) is 17.7 Å². The molecular formula is C12H17N3O. The predicted molar refractivity (Wildman–Crippen MR) is 62.1 cm³/mol. The van der Waals surface area contributed by atoms with Crippen LogP contribution in [0.4, 0.5) is 5.82 Å². The number of nitrogens with zero attached hydrogens (tertiary/aromatic N) is 2. The van der Waals surface area contributed by atoms with Crippen LogP contribution in [0.25, 0.3) is 0 Å². The standard InChI is InChI=1S/C12H17N3O/c1-8-9(2)15(11(14)10(8)6-13)12(3)4-5-16-7-12/h4-5,7,14H2,1-3H3. The number of nitriles is 1. The molecule has 2 N–H and O–H groups in total. The fourth-order valence-corrected chi connectivity index (χ4v) is 2.50. The van der Waals surface area contributed by atoms with Gasteiger partial charge in [0, 0.05) is 12.3 Å². The Bertz CT molecular complexity index is 462. The van der Waals surface area contributed by atoms with Gasteiger partial charge in [-0.1, -0.05) is 0 Å². The molecule has 0 aromatic carbocycles. The minimum absolute atomic E-state index is 0.103. The van der Waals surface area contributed by atoms with E-state index >= 15 is 0 Å². The molecule has 0 aliphatic carbocycles. The molecule has 1 aromatic heterocycles. The van der Waals surface area contributed by atoms with Crippen molar-refractivity contribution in [1.82, 2.24) is 4.57 Å². The molecule has 1 aromatic rings. The fourth-order valence-electron chi connectivity index (χ4n) is 2.50. The molecule has 1 fully saturated rings. The molecule has 1 saturated heterocycles. The van der Waals surface area contributed by atoms with Gasteiger partial charge in [-0.2, -0.15) is 5.26 Å². The highest BCUT2D eigenvalue weighted by atomic mass is 16.5. The van der Waals surface area contributed by atoms with Gasteiger partial charge in [-0.15, -0.1) is 0 Å². The first-order chi connectivity index (χ1) is 7.51. The lowest BCUT2D eigenvalue weighted by molar-refractivity contribution is 0.162. The average Bonchev–Trinajstić information content (AvgIpc) is 2.74. The highest BCUT2D eigenvalue weighted by molar-refractivity contribution is 5.58. The Morgan fingerprint density at radius 1 is 1.50 bits per heavy atom. The van der Waals surface area contributed by atoms with Gasteiger partial charge in [-0.3, -0.25) is 0 Å². The molecule has 0 amide bonds. The topological polar surface area (TPSA) is 64.0 Å². The maximum atomic E-state index is 9.09. The fraction of sp³-hybridized carbons (Fsp3) is 0.583. The molecule has 0 spiro atoms. The Balaban J connectivity index is 2.62. The molecular weight excluding hydrogens is 202 g/mol. The molecule has 0 bridgehead atoms. The van der Waals surface area contributed by atoms with Gasteiger partial charge in [0.15, 0.2) is 0 Å². The molecule has 4 heteroatoms. The largest absolute Gasteiger partial charge is 0.384 e. The molecule has 1 aliphatic heterocycles. The van der Waals surface area contributed by atoms with Crippen molar-refractivity contribution in [1.29, 1.82) is 5.26 Å². The lowest BCUT2D eigenvalue weighted by Gasteiger charge is -2.27. The van der Waals surface area contributed by atoms with Gasteiger partial charge in [0.1, 0.15) is 11.9 Å². The van der Waals surface area contributed by atoms with E-state index in [2.05, 4.69) is 17.6 Å². The number of hydrogen-bond donors (Lipinski definition) is 1. The van der Waals surface area contributed by atoms with Gasteiger partial charge < -0.3 is 15.0 Å². The maximum absolute atomic E-state index is 9.09. The van der Waals surface area contributed by atoms with Crippen LogP contribution in [0, 0.1) is 25.2 Å². The highest BCUT2D eigenvalue weighted by Gasteiger charge is 2.35. The number of anilines is 1. The summed E-state index contributed by atoms with van der Waals surface area (Å²) in [6, 6.07) is 2.18. The van der Waals surface area contributed by atoms with E-state index < -0.39 is 0 Å². The Labute approximate surface area is 95.6 Å². The third kappa shape index (κ3) is 1.32. The molecule has 4 nitrogen and oxygen atoms in total. The van der Waals surface area contributed by atoms with Crippen LogP contribution in [-0.2, 0) is 10.3 Å². The van der Waals surface area contributed by atoms with E-state index in [1.54, 1.807) is 0 Å². The second-order valence-corrected chi connectivity index (χ2v) is 4.72. The normalized spacial score (nSPS) is 24.6. The monoisotopic (exact) mass is 219 g/mol. The van der Waals surface area contributed by atoms with Gasteiger partial charge >= 0.3 is 0 Å². The minimum Gasteiger partial charge on any atom is -0.384 e. The quantitative estimate of drug-likeness (QED) is 0.781. The van der Waals surface area contributed by atoms with E-state index in [4.69, 9.17) is 15.7 Å². The summed E-state index contributed by atoms with van der Waals surface area (Å²) in [5, 5.41) is 9.09. The zero-order chi connectivity index (χ0) is 11.9. The molecule has 16 heavy (non-hydrogen) atoms. The lowest BCUT2D eigenvalue weighted by atomic mass is 10.0. The molecule has 0 radical (unpaired) electrons. The second-order valence-electron chi connectivity index (χ2n) is 4.72. The van der Waals surface area contributed by atoms with Gasteiger partial charge in [0.2, 0.25) is 0 Å². The summed E-state index contributed by atoms with van der Waals surface area (Å²) >= 11 is 0. The van der Waals surface area contributed by atoms with Gasteiger partial charge in [0.25, 0.3) is 0 Å². The zero-order valence-corrected chi connectivity index (χ0v) is 10.0. The number of aromatic nitrogens is 1. The zero-order valence-electron chi connectivity index (χ0n) is 10.0. The van der Waals surface area contributed by atoms with Crippen LogP contribution in [0.15, 0.2) is 0 Å². The minimum atomic E-state index is -0.103. The van der Waals surface area contributed by atoms with Gasteiger partial charge in [-0.25, -0.2) is 0 Å². The van der Waals surface area contributed by atoms with Crippen LogP contribution in [0.2, 0.25) is 0 Å². The van der Waals surface area contributed by atoms with Crippen molar-refractivity contribution in [2.45, 2.75) is 32.7 Å². The summed E-state index contributed by atoms with van der Waals surface area (Å²) in [7, 11) is 0. The number of hydrogen-bond acceptors (Lipinski definition) is 3. The van der Waals surface area contributed by atoms with Crippen molar-refractivity contribution < 1.29 is 4.74 Å². The van der Waals surface area contributed by atoms with Crippen LogP contribution in [0.3, 0.4) is 0 Å². The molecule has 2 heterocycles. The summed E-state index contributed by atoms with van der Waals surface area (Å²) in [6.07, 6.45) is 0.941. The number of ether oxygens (including phenoxy) is 1. The van der Waals surface area contributed by atoms with Gasteiger partial charge in [-0.05, 0) is 32.8 Å². The molecule has 1 aliphatic rings. The summed E-state index contributed by atoms with van der Waals surface area (Å²) in [5.74, 6) is 0.575. The Hall–Kier alpha value is -1.47. The van der Waals surface area contributed by atoms with Crippen molar-refractivity contribution in [2.24, 2.45) is 0 Å². The van der Waals surface area contributed by atoms with Crippen molar-refractivity contribution in [2.75, 3.05) is 18.9 Å². The van der Waals surface area contributed by atoms with Crippen molar-refractivity contribution >= 4 is 5.82 Å². The third-order valence-electron chi connectivity index (χ3n) is 3.60. The number of nitrogen functional groups attached to an aromatic ring is 1. The summed E-state index contributed by atoms with van der Waals surface area (Å²) in [5.41, 5.74) is 8.62. The molecule has 1 unspecified atom stereocenters. The van der Waals surface area contributed by atoms with Crippen LogP contribution < -0.4 is 5.73 Å². The summed E-state index contributed by atoms with van der Waals surface area (Å²) < 4.78 is 7.51. The van der Waals surface area contributed by atoms with Crippen molar-refractivity contribution in [3.63, 3.8) is 0 Å². The van der Waals surface area contributed by atoms with Crippen LogP contribution in [0.1, 0.15) is 30.2 Å². The Morgan fingerprint density at radius 2 is 2.19 bits per heavy atom.